The van der Waals surface area contributed by atoms with Gasteiger partial charge in [0.05, 0.1) is 30.6 Å². The molecule has 2 heterocycles. The van der Waals surface area contributed by atoms with E-state index in [1.807, 2.05) is 12.3 Å². The van der Waals surface area contributed by atoms with Crippen molar-refractivity contribution in [3.63, 3.8) is 0 Å². The minimum absolute atomic E-state index is 0. The van der Waals surface area contributed by atoms with Gasteiger partial charge in [0.2, 0.25) is 5.91 Å². The van der Waals surface area contributed by atoms with Crippen molar-refractivity contribution in [2.75, 3.05) is 33.8 Å². The quantitative estimate of drug-likeness (QED) is 0.318. The minimum atomic E-state index is -0.285. The van der Waals surface area contributed by atoms with E-state index < -0.39 is 0 Å². The number of benzene rings is 1. The normalized spacial score (nSPS) is 16.4. The topological polar surface area (TPSA) is 83.8 Å². The first-order valence-electron chi connectivity index (χ1n) is 10.2. The molecule has 8 nitrogen and oxygen atoms in total. The van der Waals surface area contributed by atoms with Crippen LogP contribution in [0.25, 0.3) is 5.69 Å². The molecule has 0 aliphatic carbocycles. The molecule has 170 valence electrons. The average molecular weight is 544 g/mol. The van der Waals surface area contributed by atoms with Crippen LogP contribution in [-0.4, -0.2) is 66.4 Å². The third-order valence-corrected chi connectivity index (χ3v) is 4.81. The SMILES string of the molecule is CN(C)C(=O)CNC(=NCc1ccn(-c2ccc(F)cc2)n1)NCC1CCCCO1.I. The molecule has 1 fully saturated rings. The molecule has 2 N–H and O–H groups in total. The first-order valence-corrected chi connectivity index (χ1v) is 10.2. The van der Waals surface area contributed by atoms with E-state index in [0.717, 1.165) is 37.3 Å². The molecular weight excluding hydrogens is 514 g/mol. The summed E-state index contributed by atoms with van der Waals surface area (Å²) >= 11 is 0. The largest absolute Gasteiger partial charge is 0.376 e. The van der Waals surface area contributed by atoms with Crippen LogP contribution in [0.2, 0.25) is 0 Å². The maximum atomic E-state index is 13.1. The number of likely N-dealkylation sites (N-methyl/N-ethyl adjacent to an activating group) is 1. The van der Waals surface area contributed by atoms with Gasteiger partial charge in [-0.2, -0.15) is 5.10 Å². The Kier molecular flexibility index (Phi) is 10.2. The number of carbonyl (C=O) groups is 1. The van der Waals surface area contributed by atoms with Gasteiger partial charge in [-0.15, -0.1) is 24.0 Å². The summed E-state index contributed by atoms with van der Waals surface area (Å²) in [6.07, 6.45) is 5.23. The highest BCUT2D eigenvalue weighted by Gasteiger charge is 2.15. The Labute approximate surface area is 199 Å². The van der Waals surface area contributed by atoms with E-state index in [1.54, 1.807) is 30.9 Å². The zero-order valence-electron chi connectivity index (χ0n) is 17.9. The predicted molar refractivity (Wildman–Crippen MR) is 128 cm³/mol. The van der Waals surface area contributed by atoms with Crippen molar-refractivity contribution in [2.24, 2.45) is 4.99 Å². The summed E-state index contributed by atoms with van der Waals surface area (Å²) in [4.78, 5) is 18.0. The van der Waals surface area contributed by atoms with Crippen LogP contribution in [0.15, 0.2) is 41.5 Å². The molecule has 1 aliphatic heterocycles. The van der Waals surface area contributed by atoms with Gasteiger partial charge in [0.25, 0.3) is 0 Å². The van der Waals surface area contributed by atoms with Crippen LogP contribution < -0.4 is 10.6 Å². The monoisotopic (exact) mass is 544 g/mol. The van der Waals surface area contributed by atoms with E-state index in [0.29, 0.717) is 19.0 Å². The Morgan fingerprint density at radius 1 is 1.26 bits per heavy atom. The molecule has 1 aromatic carbocycles. The summed E-state index contributed by atoms with van der Waals surface area (Å²) in [6, 6.07) is 7.99. The molecule has 1 unspecified atom stereocenters. The fourth-order valence-electron chi connectivity index (χ4n) is 3.01. The summed E-state index contributed by atoms with van der Waals surface area (Å²) in [5.41, 5.74) is 1.53. The number of hydrogen-bond donors (Lipinski definition) is 2. The smallest absolute Gasteiger partial charge is 0.241 e. The highest BCUT2D eigenvalue weighted by atomic mass is 127. The van der Waals surface area contributed by atoms with E-state index in [-0.39, 0.29) is 48.3 Å². The molecule has 1 atom stereocenters. The van der Waals surface area contributed by atoms with Crippen LogP contribution in [0.4, 0.5) is 4.39 Å². The second kappa shape index (κ2) is 12.6. The summed E-state index contributed by atoms with van der Waals surface area (Å²) in [5, 5.41) is 10.8. The Balaban J connectivity index is 0.00000341. The van der Waals surface area contributed by atoms with Gasteiger partial charge in [-0.3, -0.25) is 4.79 Å². The van der Waals surface area contributed by atoms with E-state index >= 15 is 0 Å². The maximum absolute atomic E-state index is 13.1. The molecule has 0 radical (unpaired) electrons. The van der Waals surface area contributed by atoms with Crippen LogP contribution in [0.3, 0.4) is 0 Å². The van der Waals surface area contributed by atoms with Gasteiger partial charge in [-0.25, -0.2) is 14.1 Å². The van der Waals surface area contributed by atoms with Crippen LogP contribution in [-0.2, 0) is 16.1 Å². The molecule has 0 saturated carbocycles. The molecule has 2 aromatic rings. The third kappa shape index (κ3) is 8.09. The van der Waals surface area contributed by atoms with Gasteiger partial charge in [0, 0.05) is 33.4 Å². The molecule has 0 bridgehead atoms. The number of aromatic nitrogens is 2. The van der Waals surface area contributed by atoms with Gasteiger partial charge in [-0.05, 0) is 49.6 Å². The molecule has 1 aromatic heterocycles. The number of hydrogen-bond acceptors (Lipinski definition) is 4. The Morgan fingerprint density at radius 2 is 2.03 bits per heavy atom. The number of nitrogens with one attached hydrogen (secondary N) is 2. The first kappa shape index (κ1) is 25.1. The van der Waals surface area contributed by atoms with Crippen molar-refractivity contribution in [1.29, 1.82) is 0 Å². The van der Waals surface area contributed by atoms with Gasteiger partial charge < -0.3 is 20.3 Å². The number of guanidine groups is 1. The number of halogens is 2. The van der Waals surface area contributed by atoms with Crippen molar-refractivity contribution in [3.8, 4) is 5.69 Å². The summed E-state index contributed by atoms with van der Waals surface area (Å²) in [5.74, 6) is 0.210. The van der Waals surface area contributed by atoms with E-state index in [1.165, 1.54) is 17.0 Å². The highest BCUT2D eigenvalue weighted by Crippen LogP contribution is 2.12. The molecule has 1 saturated heterocycles. The Bertz CT molecular complexity index is 850. The van der Waals surface area contributed by atoms with Crippen LogP contribution in [0.5, 0.6) is 0 Å². The lowest BCUT2D eigenvalue weighted by Gasteiger charge is -2.24. The lowest BCUT2D eigenvalue weighted by Crippen LogP contribution is -2.45. The van der Waals surface area contributed by atoms with Gasteiger partial charge in [0.1, 0.15) is 5.82 Å². The molecular formula is C21H30FIN6O2. The van der Waals surface area contributed by atoms with Crippen LogP contribution in [0.1, 0.15) is 25.0 Å². The fraction of sp³-hybridized carbons (Fsp3) is 0.476. The molecule has 10 heteroatoms. The van der Waals surface area contributed by atoms with E-state index in [2.05, 4.69) is 20.7 Å². The molecule has 1 aliphatic rings. The zero-order chi connectivity index (χ0) is 21.3. The number of amides is 1. The highest BCUT2D eigenvalue weighted by molar-refractivity contribution is 14.0. The van der Waals surface area contributed by atoms with Crippen molar-refractivity contribution in [1.82, 2.24) is 25.3 Å². The fourth-order valence-corrected chi connectivity index (χ4v) is 3.01. The Morgan fingerprint density at radius 3 is 2.71 bits per heavy atom. The van der Waals surface area contributed by atoms with Crippen LogP contribution >= 0.6 is 24.0 Å². The average Bonchev–Trinajstić information content (AvgIpc) is 3.23. The number of nitrogens with zero attached hydrogens (tertiary/aromatic N) is 4. The number of carbonyl (C=O) groups excluding carboxylic acids is 1. The standard InChI is InChI=1S/C21H29FN6O2.HI/c1-27(2)20(29)15-25-21(24-14-19-5-3-4-12-30-19)23-13-17-10-11-28(26-17)18-8-6-16(22)7-9-18;/h6-11,19H,3-5,12-15H2,1-2H3,(H2,23,24,25);1H. The third-order valence-electron chi connectivity index (χ3n) is 4.81. The second-order valence-corrected chi connectivity index (χ2v) is 7.40. The lowest BCUT2D eigenvalue weighted by atomic mass is 10.1. The van der Waals surface area contributed by atoms with Crippen molar-refractivity contribution >= 4 is 35.8 Å². The van der Waals surface area contributed by atoms with Crippen LogP contribution in [0, 0.1) is 5.82 Å². The van der Waals surface area contributed by atoms with Crippen molar-refractivity contribution < 1.29 is 13.9 Å². The van der Waals surface area contributed by atoms with Crippen molar-refractivity contribution in [3.05, 3.63) is 48.0 Å². The van der Waals surface area contributed by atoms with E-state index in [9.17, 15) is 9.18 Å². The van der Waals surface area contributed by atoms with Crippen molar-refractivity contribution in [2.45, 2.75) is 31.9 Å². The molecule has 3 rings (SSSR count). The predicted octanol–water partition coefficient (Wildman–Crippen LogP) is 2.32. The van der Waals surface area contributed by atoms with Gasteiger partial charge >= 0.3 is 0 Å². The summed E-state index contributed by atoms with van der Waals surface area (Å²) < 4.78 is 20.5. The van der Waals surface area contributed by atoms with Gasteiger partial charge in [-0.1, -0.05) is 0 Å². The van der Waals surface area contributed by atoms with Gasteiger partial charge in [0.15, 0.2) is 5.96 Å². The molecule has 31 heavy (non-hydrogen) atoms. The Hall–Kier alpha value is -2.21. The lowest BCUT2D eigenvalue weighted by molar-refractivity contribution is -0.127. The first-order chi connectivity index (χ1) is 14.5. The molecule has 0 spiro atoms. The number of ether oxygens (including phenoxy) is 1. The van der Waals surface area contributed by atoms with E-state index in [4.69, 9.17) is 4.74 Å². The number of rotatable bonds is 7. The minimum Gasteiger partial charge on any atom is -0.376 e. The molecule has 1 amide bonds. The second-order valence-electron chi connectivity index (χ2n) is 7.40. The maximum Gasteiger partial charge on any atom is 0.241 e. The summed E-state index contributed by atoms with van der Waals surface area (Å²) in [6.45, 7) is 1.90. The summed E-state index contributed by atoms with van der Waals surface area (Å²) in [7, 11) is 3.43. The number of aliphatic imine (C=N–C) groups is 1. The zero-order valence-corrected chi connectivity index (χ0v) is 20.2.